The van der Waals surface area contributed by atoms with E-state index in [1.165, 1.54) is 0 Å². The van der Waals surface area contributed by atoms with Gasteiger partial charge in [-0.05, 0) is 24.6 Å². The summed E-state index contributed by atoms with van der Waals surface area (Å²) in [6, 6.07) is 3.93. The summed E-state index contributed by atoms with van der Waals surface area (Å²) in [6.45, 7) is 2.02. The maximum Gasteiger partial charge on any atom is 0.240 e. The predicted octanol–water partition coefficient (Wildman–Crippen LogP) is -0.0294. The lowest BCUT2D eigenvalue weighted by Crippen LogP contribution is -2.11. The molecule has 0 spiro atoms. The van der Waals surface area contributed by atoms with Crippen molar-refractivity contribution in [1.82, 2.24) is 19.9 Å². The second-order valence-electron chi connectivity index (χ2n) is 4.10. The van der Waals surface area contributed by atoms with Crippen molar-refractivity contribution in [2.24, 2.45) is 0 Å². The minimum Gasteiger partial charge on any atom is -0.383 e. The smallest absolute Gasteiger partial charge is 0.240 e. The average Bonchev–Trinajstić information content (AvgIpc) is 2.86. The summed E-state index contributed by atoms with van der Waals surface area (Å²) in [6.07, 6.45) is 1.11. The highest BCUT2D eigenvalue weighted by molar-refractivity contribution is 5.54. The normalized spacial score (nSPS) is 20.6. The van der Waals surface area contributed by atoms with E-state index in [0.29, 0.717) is 17.4 Å². The topological polar surface area (TPSA) is 94.3 Å². The van der Waals surface area contributed by atoms with Crippen molar-refractivity contribution >= 4 is 17.4 Å². The van der Waals surface area contributed by atoms with Gasteiger partial charge in [-0.25, -0.2) is 0 Å². The number of fused-ring (bicyclic) bond motifs is 1. The molecule has 3 rings (SSSR count). The van der Waals surface area contributed by atoms with Crippen molar-refractivity contribution in [3.63, 3.8) is 0 Å². The van der Waals surface area contributed by atoms with Crippen molar-refractivity contribution in [1.29, 1.82) is 0 Å². The van der Waals surface area contributed by atoms with Crippen LogP contribution < -0.4 is 16.8 Å². The van der Waals surface area contributed by atoms with Gasteiger partial charge in [0.05, 0.1) is 0 Å². The van der Waals surface area contributed by atoms with Crippen LogP contribution in [-0.4, -0.2) is 27.7 Å². The molecule has 0 bridgehead atoms. The molecule has 1 aliphatic heterocycles. The van der Waals surface area contributed by atoms with E-state index < -0.39 is 0 Å². The molecule has 0 radical (unpaired) electrons. The van der Waals surface area contributed by atoms with E-state index >= 15 is 0 Å². The van der Waals surface area contributed by atoms with E-state index in [2.05, 4.69) is 15.4 Å². The maximum atomic E-state index is 6.09. The highest BCUT2D eigenvalue weighted by Crippen LogP contribution is 2.27. The molecular weight excluding hydrogens is 204 g/mol. The van der Waals surface area contributed by atoms with Gasteiger partial charge in [-0.15, -0.1) is 5.10 Å². The second kappa shape index (κ2) is 3.34. The summed E-state index contributed by atoms with van der Waals surface area (Å²) in [4.78, 5) is 4.08. The zero-order valence-corrected chi connectivity index (χ0v) is 8.85. The van der Waals surface area contributed by atoms with Crippen LogP contribution in [0, 0.1) is 0 Å². The Morgan fingerprint density at radius 3 is 3.00 bits per heavy atom. The molecule has 0 aromatic carbocycles. The summed E-state index contributed by atoms with van der Waals surface area (Å²) >= 11 is 0. The predicted molar refractivity (Wildman–Crippen MR) is 62.0 cm³/mol. The quantitative estimate of drug-likeness (QED) is 0.625. The first-order chi connectivity index (χ1) is 7.75. The zero-order valence-electron chi connectivity index (χ0n) is 8.85. The Morgan fingerprint density at radius 2 is 2.25 bits per heavy atom. The molecule has 84 valence electrons. The van der Waals surface area contributed by atoms with Gasteiger partial charge in [-0.3, -0.25) is 0 Å². The summed E-state index contributed by atoms with van der Waals surface area (Å²) in [5, 5.41) is 7.41. The molecule has 16 heavy (non-hydrogen) atoms. The van der Waals surface area contributed by atoms with Crippen LogP contribution in [0.1, 0.15) is 17.9 Å². The van der Waals surface area contributed by atoms with E-state index in [9.17, 15) is 0 Å². The molecule has 1 atom stereocenters. The fraction of sp³-hybridized carbons (Fsp3) is 0.400. The minimum absolute atomic E-state index is 0.258. The van der Waals surface area contributed by atoms with Crippen molar-refractivity contribution in [3.05, 3.63) is 17.7 Å². The number of rotatable bonds is 1. The van der Waals surface area contributed by atoms with Crippen LogP contribution in [-0.2, 0) is 0 Å². The minimum atomic E-state index is 0.258. The SMILES string of the molecule is Nc1nc2ccc(C3CCNC3)c(N)n2n1. The van der Waals surface area contributed by atoms with Gasteiger partial charge < -0.3 is 16.8 Å². The molecule has 0 saturated carbocycles. The summed E-state index contributed by atoms with van der Waals surface area (Å²) in [5.74, 6) is 1.37. The number of nitrogens with one attached hydrogen (secondary N) is 1. The monoisotopic (exact) mass is 218 g/mol. The first-order valence-corrected chi connectivity index (χ1v) is 5.37. The number of nitrogens with zero attached hydrogens (tertiary/aromatic N) is 3. The maximum absolute atomic E-state index is 6.09. The Hall–Kier alpha value is -1.82. The van der Waals surface area contributed by atoms with Crippen molar-refractivity contribution < 1.29 is 0 Å². The van der Waals surface area contributed by atoms with Crippen LogP contribution >= 0.6 is 0 Å². The molecule has 2 aromatic heterocycles. The Kier molecular flexibility index (Phi) is 1.97. The summed E-state index contributed by atoms with van der Waals surface area (Å²) in [7, 11) is 0. The van der Waals surface area contributed by atoms with E-state index in [0.717, 1.165) is 25.1 Å². The number of hydrogen-bond donors (Lipinski definition) is 3. The second-order valence-corrected chi connectivity index (χ2v) is 4.10. The van der Waals surface area contributed by atoms with Crippen LogP contribution in [0.2, 0.25) is 0 Å². The highest BCUT2D eigenvalue weighted by atomic mass is 15.3. The average molecular weight is 218 g/mol. The number of nitrogens with two attached hydrogens (primary N) is 2. The lowest BCUT2D eigenvalue weighted by atomic mass is 9.99. The molecule has 1 unspecified atom stereocenters. The van der Waals surface area contributed by atoms with Gasteiger partial charge in [0.1, 0.15) is 5.82 Å². The van der Waals surface area contributed by atoms with E-state index in [4.69, 9.17) is 11.5 Å². The molecule has 2 aromatic rings. The van der Waals surface area contributed by atoms with E-state index in [1.54, 1.807) is 4.52 Å². The molecular formula is C10H14N6. The highest BCUT2D eigenvalue weighted by Gasteiger charge is 2.20. The van der Waals surface area contributed by atoms with E-state index in [1.807, 2.05) is 12.1 Å². The molecule has 1 fully saturated rings. The third kappa shape index (κ3) is 1.30. The number of nitrogen functional groups attached to an aromatic ring is 2. The van der Waals surface area contributed by atoms with Gasteiger partial charge >= 0.3 is 0 Å². The lowest BCUT2D eigenvalue weighted by molar-refractivity contribution is 0.756. The molecule has 5 N–H and O–H groups in total. The van der Waals surface area contributed by atoms with Crippen LogP contribution in [0.5, 0.6) is 0 Å². The number of pyridine rings is 1. The van der Waals surface area contributed by atoms with Crippen LogP contribution in [0.4, 0.5) is 11.8 Å². The molecule has 6 nitrogen and oxygen atoms in total. The van der Waals surface area contributed by atoms with E-state index in [-0.39, 0.29) is 5.95 Å². The van der Waals surface area contributed by atoms with Crippen molar-refractivity contribution in [2.45, 2.75) is 12.3 Å². The molecule has 3 heterocycles. The van der Waals surface area contributed by atoms with Gasteiger partial charge in [0.25, 0.3) is 0 Å². The fourth-order valence-corrected chi connectivity index (χ4v) is 2.26. The Balaban J connectivity index is 2.14. The van der Waals surface area contributed by atoms with Crippen LogP contribution in [0.3, 0.4) is 0 Å². The molecule has 0 aliphatic carbocycles. The van der Waals surface area contributed by atoms with Crippen LogP contribution in [0.15, 0.2) is 12.1 Å². The number of aromatic nitrogens is 3. The third-order valence-electron chi connectivity index (χ3n) is 3.08. The zero-order chi connectivity index (χ0) is 11.1. The standard InChI is InChI=1S/C10H14N6/c11-9-7(6-3-4-13-5-6)1-2-8-14-10(12)15-16(8)9/h1-2,6,13H,3-5,11H2,(H2,12,15). The summed E-state index contributed by atoms with van der Waals surface area (Å²) < 4.78 is 1.61. The van der Waals surface area contributed by atoms with Crippen molar-refractivity contribution in [2.75, 3.05) is 24.6 Å². The number of anilines is 2. The lowest BCUT2D eigenvalue weighted by Gasteiger charge is -2.12. The number of hydrogen-bond acceptors (Lipinski definition) is 5. The first kappa shape index (κ1) is 9.41. The third-order valence-corrected chi connectivity index (χ3v) is 3.08. The van der Waals surface area contributed by atoms with Gasteiger partial charge in [-0.1, -0.05) is 6.07 Å². The Morgan fingerprint density at radius 1 is 1.38 bits per heavy atom. The molecule has 0 amide bonds. The van der Waals surface area contributed by atoms with Gasteiger partial charge in [0.2, 0.25) is 5.95 Å². The van der Waals surface area contributed by atoms with Crippen molar-refractivity contribution in [3.8, 4) is 0 Å². The Labute approximate surface area is 92.6 Å². The first-order valence-electron chi connectivity index (χ1n) is 5.37. The summed E-state index contributed by atoms with van der Waals surface area (Å²) in [5.41, 5.74) is 13.5. The van der Waals surface area contributed by atoms with Gasteiger partial charge in [0.15, 0.2) is 5.65 Å². The van der Waals surface area contributed by atoms with Gasteiger partial charge in [-0.2, -0.15) is 9.50 Å². The van der Waals surface area contributed by atoms with Crippen LogP contribution in [0.25, 0.3) is 5.65 Å². The molecule has 6 heteroatoms. The molecule has 1 aliphatic rings. The Bertz CT molecular complexity index is 525. The van der Waals surface area contributed by atoms with Gasteiger partial charge in [0, 0.05) is 12.5 Å². The molecule has 1 saturated heterocycles. The largest absolute Gasteiger partial charge is 0.383 e. The fourth-order valence-electron chi connectivity index (χ4n) is 2.26.